The van der Waals surface area contributed by atoms with E-state index in [1.807, 2.05) is 6.07 Å². The van der Waals surface area contributed by atoms with Crippen LogP contribution in [0.3, 0.4) is 0 Å². The van der Waals surface area contributed by atoms with Crippen LogP contribution in [0, 0.1) is 11.3 Å². The molecule has 4 heterocycles. The summed E-state index contributed by atoms with van der Waals surface area (Å²) in [6, 6.07) is 5.05. The average Bonchev–Trinajstić information content (AvgIpc) is 3.35. The van der Waals surface area contributed by atoms with E-state index >= 15 is 0 Å². The number of ether oxygens (including phenoxy) is 2. The zero-order chi connectivity index (χ0) is 23.6. The number of nitrogens with one attached hydrogen (secondary N) is 1. The van der Waals surface area contributed by atoms with Crippen LogP contribution in [0.1, 0.15) is 5.69 Å². The third-order valence-electron chi connectivity index (χ3n) is 6.16. The van der Waals surface area contributed by atoms with E-state index in [2.05, 4.69) is 32.2 Å². The van der Waals surface area contributed by atoms with E-state index in [1.165, 1.54) is 16.9 Å². The number of carbonyl (C=O) groups excluding carboxylic acids is 1. The van der Waals surface area contributed by atoms with Crippen LogP contribution in [0.2, 0.25) is 0 Å². The Hall–Kier alpha value is -3.02. The number of likely N-dealkylation sites (N-methyl/N-ethyl adjacent to an activating group) is 1. The fourth-order valence-corrected chi connectivity index (χ4v) is 4.15. The third-order valence-corrected chi connectivity index (χ3v) is 6.16. The minimum atomic E-state index is -1.93. The number of hydrogen-bond acceptors (Lipinski definition) is 11. The van der Waals surface area contributed by atoms with Gasteiger partial charge in [0.05, 0.1) is 5.69 Å². The van der Waals surface area contributed by atoms with Crippen molar-refractivity contribution in [2.24, 2.45) is 0 Å². The van der Waals surface area contributed by atoms with E-state index in [0.29, 0.717) is 18.6 Å². The maximum atomic E-state index is 12.1. The summed E-state index contributed by atoms with van der Waals surface area (Å²) in [5.41, 5.74) is 4.51. The SMILES string of the molecule is CN1CCN(CCNC(=O)OC[C@H]2O[C@@](C#N)(c3ccc4c(N)ncnn34)[C@H](O)[C@@H]2O)CC1. The number of fused-ring (bicyclic) bond motifs is 1. The van der Waals surface area contributed by atoms with E-state index in [-0.39, 0.29) is 18.1 Å². The van der Waals surface area contributed by atoms with E-state index in [4.69, 9.17) is 15.2 Å². The van der Waals surface area contributed by atoms with Crippen molar-refractivity contribution < 1.29 is 24.5 Å². The lowest BCUT2D eigenvalue weighted by atomic mass is 9.92. The van der Waals surface area contributed by atoms with Crippen LogP contribution < -0.4 is 11.1 Å². The van der Waals surface area contributed by atoms with Crippen LogP contribution in [-0.4, -0.2) is 112 Å². The van der Waals surface area contributed by atoms with Crippen molar-refractivity contribution >= 4 is 17.4 Å². The quantitative estimate of drug-likeness (QED) is 0.380. The second-order valence-corrected chi connectivity index (χ2v) is 8.27. The van der Waals surface area contributed by atoms with E-state index < -0.39 is 30.0 Å². The smallest absolute Gasteiger partial charge is 0.407 e. The summed E-state index contributed by atoms with van der Waals surface area (Å²) >= 11 is 0. The monoisotopic (exact) mass is 460 g/mol. The number of nitriles is 1. The topological polar surface area (TPSA) is 174 Å². The first-order chi connectivity index (χ1) is 15.9. The second kappa shape index (κ2) is 9.46. The third kappa shape index (κ3) is 4.43. The van der Waals surface area contributed by atoms with Gasteiger partial charge in [-0.1, -0.05) is 0 Å². The number of hydrogen-bond donors (Lipinski definition) is 4. The first-order valence-electron chi connectivity index (χ1n) is 10.7. The molecule has 0 unspecified atom stereocenters. The fourth-order valence-electron chi connectivity index (χ4n) is 4.15. The normalized spacial score (nSPS) is 28.6. The number of amides is 1. The highest BCUT2D eigenvalue weighted by molar-refractivity contribution is 5.67. The zero-order valence-corrected chi connectivity index (χ0v) is 18.3. The first-order valence-corrected chi connectivity index (χ1v) is 10.7. The van der Waals surface area contributed by atoms with Crippen molar-refractivity contribution in [1.82, 2.24) is 29.7 Å². The van der Waals surface area contributed by atoms with E-state index in [1.54, 1.807) is 6.07 Å². The molecule has 2 saturated heterocycles. The van der Waals surface area contributed by atoms with Crippen LogP contribution in [0.5, 0.6) is 0 Å². The molecule has 0 aliphatic carbocycles. The lowest BCUT2D eigenvalue weighted by Crippen LogP contribution is -2.47. The zero-order valence-electron chi connectivity index (χ0n) is 18.3. The van der Waals surface area contributed by atoms with Gasteiger partial charge in [-0.2, -0.15) is 10.4 Å². The van der Waals surface area contributed by atoms with Gasteiger partial charge in [-0.15, -0.1) is 0 Å². The number of nitrogen functional groups attached to an aromatic ring is 1. The standard InChI is InChI=1S/C20H28N8O5/c1-26-6-8-27(9-7-26)5-4-23-19(31)32-10-14-16(29)17(30)20(11-21,33-14)15-3-2-13-18(22)24-12-25-28(13)15/h2-3,12,14,16-17,29-30H,4-10H2,1H3,(H,23,31)(H2,22,24,25)/t14-,16-,17-,20+/m1/s1. The fraction of sp³-hybridized carbons (Fsp3) is 0.600. The van der Waals surface area contributed by atoms with Gasteiger partial charge in [0.2, 0.25) is 5.60 Å². The number of piperazine rings is 1. The van der Waals surface area contributed by atoms with Crippen LogP contribution in [0.25, 0.3) is 5.52 Å². The molecule has 4 atom stereocenters. The van der Waals surface area contributed by atoms with Crippen molar-refractivity contribution in [2.45, 2.75) is 23.9 Å². The molecule has 0 aromatic carbocycles. The van der Waals surface area contributed by atoms with Gasteiger partial charge in [-0.05, 0) is 19.2 Å². The summed E-state index contributed by atoms with van der Waals surface area (Å²) < 4.78 is 12.3. The Labute approximate surface area is 190 Å². The number of anilines is 1. The second-order valence-electron chi connectivity index (χ2n) is 8.27. The largest absolute Gasteiger partial charge is 0.447 e. The number of nitrogens with zero attached hydrogens (tertiary/aromatic N) is 6. The summed E-state index contributed by atoms with van der Waals surface area (Å²) in [7, 11) is 2.08. The maximum absolute atomic E-state index is 12.1. The lowest BCUT2D eigenvalue weighted by molar-refractivity contribution is -0.0659. The molecule has 178 valence electrons. The van der Waals surface area contributed by atoms with Crippen molar-refractivity contribution in [3.8, 4) is 6.07 Å². The molecule has 13 nitrogen and oxygen atoms in total. The van der Waals surface area contributed by atoms with Gasteiger partial charge in [0.1, 0.15) is 42.8 Å². The minimum absolute atomic E-state index is 0.180. The van der Waals surface area contributed by atoms with Crippen LogP contribution >= 0.6 is 0 Å². The molecule has 5 N–H and O–H groups in total. The number of aromatic nitrogens is 3. The number of carbonyl (C=O) groups is 1. The Morgan fingerprint density at radius 3 is 2.88 bits per heavy atom. The summed E-state index contributed by atoms with van der Waals surface area (Å²) in [5.74, 6) is 0.186. The molecule has 0 saturated carbocycles. The molecular weight excluding hydrogens is 432 g/mol. The minimum Gasteiger partial charge on any atom is -0.447 e. The molecule has 0 bridgehead atoms. The van der Waals surface area contributed by atoms with Crippen LogP contribution in [-0.2, 0) is 15.1 Å². The number of alkyl carbamates (subject to hydrolysis) is 1. The molecule has 2 aliphatic rings. The lowest BCUT2D eigenvalue weighted by Gasteiger charge is -2.32. The number of nitrogens with two attached hydrogens (primary N) is 1. The van der Waals surface area contributed by atoms with Gasteiger partial charge in [0.25, 0.3) is 0 Å². The summed E-state index contributed by atoms with van der Waals surface area (Å²) in [5, 5.41) is 37.9. The van der Waals surface area contributed by atoms with E-state index in [0.717, 1.165) is 26.2 Å². The van der Waals surface area contributed by atoms with Crippen molar-refractivity contribution in [3.05, 3.63) is 24.2 Å². The number of aliphatic hydroxyl groups is 2. The maximum Gasteiger partial charge on any atom is 0.407 e. The van der Waals surface area contributed by atoms with Gasteiger partial charge in [0.15, 0.2) is 5.82 Å². The Morgan fingerprint density at radius 1 is 1.39 bits per heavy atom. The Morgan fingerprint density at radius 2 is 2.15 bits per heavy atom. The predicted octanol–water partition coefficient (Wildman–Crippen LogP) is -1.88. The van der Waals surface area contributed by atoms with Crippen molar-refractivity contribution in [2.75, 3.05) is 58.7 Å². The molecule has 4 rings (SSSR count). The van der Waals surface area contributed by atoms with Gasteiger partial charge in [0, 0.05) is 39.3 Å². The van der Waals surface area contributed by atoms with Crippen molar-refractivity contribution in [3.63, 3.8) is 0 Å². The van der Waals surface area contributed by atoms with Gasteiger partial charge in [-0.3, -0.25) is 4.90 Å². The molecule has 2 fully saturated rings. The highest BCUT2D eigenvalue weighted by Crippen LogP contribution is 2.40. The van der Waals surface area contributed by atoms with Gasteiger partial charge >= 0.3 is 6.09 Å². The molecule has 2 aromatic rings. The highest BCUT2D eigenvalue weighted by atomic mass is 16.6. The van der Waals surface area contributed by atoms with Crippen LogP contribution in [0.15, 0.2) is 18.5 Å². The summed E-state index contributed by atoms with van der Waals surface area (Å²) in [4.78, 5) is 20.5. The Balaban J connectivity index is 1.35. The van der Waals surface area contributed by atoms with E-state index in [9.17, 15) is 20.3 Å². The molecule has 2 aliphatic heterocycles. The summed E-state index contributed by atoms with van der Waals surface area (Å²) in [6.45, 7) is 4.62. The Kier molecular flexibility index (Phi) is 6.63. The van der Waals surface area contributed by atoms with Crippen molar-refractivity contribution in [1.29, 1.82) is 5.26 Å². The Bertz CT molecular complexity index is 1030. The molecule has 2 aromatic heterocycles. The highest BCUT2D eigenvalue weighted by Gasteiger charge is 2.57. The number of rotatable bonds is 6. The molecule has 0 spiro atoms. The molecule has 13 heteroatoms. The van der Waals surface area contributed by atoms with Gasteiger partial charge in [-0.25, -0.2) is 14.3 Å². The predicted molar refractivity (Wildman–Crippen MR) is 115 cm³/mol. The molecule has 1 amide bonds. The molecule has 33 heavy (non-hydrogen) atoms. The molecule has 0 radical (unpaired) electrons. The number of aliphatic hydroxyl groups excluding tert-OH is 2. The van der Waals surface area contributed by atoms with Gasteiger partial charge < -0.3 is 35.6 Å². The average molecular weight is 460 g/mol. The molecular formula is C20H28N8O5. The first kappa shape index (κ1) is 23.1. The van der Waals surface area contributed by atoms with Crippen LogP contribution in [0.4, 0.5) is 10.6 Å². The summed E-state index contributed by atoms with van der Waals surface area (Å²) in [6.07, 6.45) is -3.65.